The molecule has 0 radical (unpaired) electrons. The van der Waals surface area contributed by atoms with Gasteiger partial charge in [-0.15, -0.1) is 0 Å². The van der Waals surface area contributed by atoms with Crippen LogP contribution in [-0.2, 0) is 77.3 Å². The minimum atomic E-state index is -5.62. The van der Waals surface area contributed by atoms with E-state index in [1.165, 1.54) is 6.92 Å². The first-order valence-electron chi connectivity index (χ1n) is 15.5. The van der Waals surface area contributed by atoms with Crippen LogP contribution in [0.3, 0.4) is 0 Å². The summed E-state index contributed by atoms with van der Waals surface area (Å²) in [4.78, 5) is 94.8. The van der Waals surface area contributed by atoms with Gasteiger partial charge in [0.1, 0.15) is 49.0 Å². The number of alkyl halides is 1. The van der Waals surface area contributed by atoms with E-state index < -0.39 is 136 Å². The lowest BCUT2D eigenvalue weighted by Crippen LogP contribution is -2.67. The third-order valence-corrected chi connectivity index (χ3v) is 11.9. The molecule has 3 aliphatic rings. The number of aliphatic hydroxyl groups excluding tert-OH is 2. The SMILES string of the molecule is CC[C@@]1(F)[C@H](O)[C@@H](COP(O)(=S)OP(=O)(O)OC2OC3(OC(C)=O)C2C(O)C(OC(C)=O)C3[C@H](COC(C)=O)OC(C)=O)O[C@H]1n1ccc(=O)[nH]c1=O. The van der Waals surface area contributed by atoms with Crippen molar-refractivity contribution in [2.45, 2.75) is 95.5 Å². The second-order valence-corrected chi connectivity index (χ2v) is 16.4. The molecular weight excluding hydrogens is 785 g/mol. The fourth-order valence-corrected chi connectivity index (χ4v) is 9.50. The van der Waals surface area contributed by atoms with E-state index in [9.17, 15) is 53.3 Å². The number of aromatic amines is 1. The van der Waals surface area contributed by atoms with Crippen molar-refractivity contribution in [3.05, 3.63) is 33.1 Å². The van der Waals surface area contributed by atoms with Crippen LogP contribution in [0.5, 0.6) is 0 Å². The number of fused-ring (bicyclic) bond motifs is 1. The number of carbonyl (C=O) groups excluding carboxylic acids is 4. The number of phosphoric ester groups is 1. The van der Waals surface area contributed by atoms with Gasteiger partial charge in [0, 0.05) is 40.0 Å². The first-order valence-corrected chi connectivity index (χ1v) is 19.6. The van der Waals surface area contributed by atoms with E-state index in [4.69, 9.17) is 49.3 Å². The Morgan fingerprint density at radius 1 is 1.09 bits per heavy atom. The minimum Gasteiger partial charge on any atom is -0.462 e. The number of phosphoric acid groups is 1. The number of halogens is 1. The van der Waals surface area contributed by atoms with Crippen LogP contribution in [0.15, 0.2) is 21.9 Å². The van der Waals surface area contributed by atoms with Gasteiger partial charge < -0.3 is 52.9 Å². The fraction of sp³-hybridized carbons (Fsp3) is 0.704. The second kappa shape index (κ2) is 16.0. The number of hydrogen-bond donors (Lipinski definition) is 5. The number of nitrogens with one attached hydrogen (secondary N) is 1. The summed E-state index contributed by atoms with van der Waals surface area (Å²) in [5, 5.41) is 22.0. The molecule has 4 rings (SSSR count). The molecular formula is C27H37FN2O20P2S. The second-order valence-electron chi connectivity index (χ2n) is 12.1. The highest BCUT2D eigenvalue weighted by molar-refractivity contribution is 8.08. The summed E-state index contributed by atoms with van der Waals surface area (Å²) in [6.07, 6.45) is -12.3. The van der Waals surface area contributed by atoms with E-state index in [-0.39, 0.29) is 0 Å². The van der Waals surface area contributed by atoms with Gasteiger partial charge in [-0.2, -0.15) is 0 Å². The van der Waals surface area contributed by atoms with Crippen molar-refractivity contribution in [2.75, 3.05) is 13.2 Å². The Labute approximate surface area is 303 Å². The van der Waals surface area contributed by atoms with Crippen molar-refractivity contribution in [1.29, 1.82) is 0 Å². The average molecular weight is 823 g/mol. The molecule has 0 amide bonds. The van der Waals surface area contributed by atoms with Crippen LogP contribution in [0.1, 0.15) is 47.3 Å². The fourth-order valence-electron chi connectivity index (χ4n) is 6.40. The van der Waals surface area contributed by atoms with Gasteiger partial charge in [0.2, 0.25) is 5.79 Å². The van der Waals surface area contributed by atoms with E-state index in [0.717, 1.165) is 40.0 Å². The molecule has 3 heterocycles. The highest BCUT2D eigenvalue weighted by Crippen LogP contribution is 2.66. The summed E-state index contributed by atoms with van der Waals surface area (Å²) < 4.78 is 76.3. The Morgan fingerprint density at radius 2 is 1.75 bits per heavy atom. The largest absolute Gasteiger partial charge is 0.481 e. The zero-order valence-electron chi connectivity index (χ0n) is 28.4. The minimum absolute atomic E-state index is 0.418. The molecule has 3 fully saturated rings. The smallest absolute Gasteiger partial charge is 0.462 e. The van der Waals surface area contributed by atoms with Gasteiger partial charge in [0.15, 0.2) is 18.2 Å². The van der Waals surface area contributed by atoms with E-state index in [1.54, 1.807) is 0 Å². The predicted molar refractivity (Wildman–Crippen MR) is 170 cm³/mol. The van der Waals surface area contributed by atoms with Crippen LogP contribution in [-0.4, -0.2) is 115 Å². The molecule has 0 aromatic carbocycles. The zero-order valence-corrected chi connectivity index (χ0v) is 31.0. The van der Waals surface area contributed by atoms with Crippen LogP contribution >= 0.6 is 14.5 Å². The van der Waals surface area contributed by atoms with Gasteiger partial charge in [-0.3, -0.25) is 38.0 Å². The van der Waals surface area contributed by atoms with Gasteiger partial charge in [0.25, 0.3) is 5.56 Å². The summed E-state index contributed by atoms with van der Waals surface area (Å²) in [7, 11) is -5.62. The van der Waals surface area contributed by atoms with Crippen LogP contribution < -0.4 is 11.2 Å². The number of aromatic nitrogens is 2. The van der Waals surface area contributed by atoms with E-state index >= 15 is 4.39 Å². The molecule has 1 aromatic heterocycles. The van der Waals surface area contributed by atoms with Crippen molar-refractivity contribution in [3.8, 4) is 0 Å². The van der Waals surface area contributed by atoms with Crippen molar-refractivity contribution in [1.82, 2.24) is 9.55 Å². The van der Waals surface area contributed by atoms with Crippen molar-refractivity contribution in [3.63, 3.8) is 0 Å². The number of rotatable bonds is 15. The van der Waals surface area contributed by atoms with Gasteiger partial charge in [-0.25, -0.2) is 18.1 Å². The molecule has 5 N–H and O–H groups in total. The topological polar surface area (TPSA) is 304 Å². The summed E-state index contributed by atoms with van der Waals surface area (Å²) in [6.45, 7) is -1.39. The Hall–Kier alpha value is -2.99. The maximum atomic E-state index is 15.9. The van der Waals surface area contributed by atoms with Crippen molar-refractivity contribution >= 4 is 50.2 Å². The van der Waals surface area contributed by atoms with E-state index in [2.05, 4.69) is 4.31 Å². The Kier molecular flexibility index (Phi) is 12.9. The Bertz CT molecular complexity index is 1810. The van der Waals surface area contributed by atoms with Crippen LogP contribution in [0, 0.1) is 11.8 Å². The van der Waals surface area contributed by atoms with Gasteiger partial charge in [0.05, 0.1) is 6.61 Å². The van der Waals surface area contributed by atoms with E-state index in [1.807, 2.05) is 4.98 Å². The highest BCUT2D eigenvalue weighted by atomic mass is 32.5. The third-order valence-electron chi connectivity index (χ3n) is 8.40. The number of esters is 4. The number of nitrogens with zero attached hydrogens (tertiary/aromatic N) is 1. The first kappa shape index (κ1) is 42.7. The average Bonchev–Trinajstić information content (AvgIpc) is 3.35. The molecule has 2 saturated heterocycles. The maximum Gasteiger partial charge on any atom is 0.481 e. The van der Waals surface area contributed by atoms with Crippen LogP contribution in [0.4, 0.5) is 4.39 Å². The number of hydrogen-bond acceptors (Lipinski definition) is 19. The summed E-state index contributed by atoms with van der Waals surface area (Å²) in [6, 6.07) is 0.905. The van der Waals surface area contributed by atoms with Gasteiger partial charge in [-0.05, 0) is 18.2 Å². The van der Waals surface area contributed by atoms with Crippen molar-refractivity contribution in [2.24, 2.45) is 11.8 Å². The molecule has 8 unspecified atom stereocenters. The summed E-state index contributed by atoms with van der Waals surface area (Å²) in [5.41, 5.74) is -4.50. The molecule has 1 saturated carbocycles. The molecule has 22 nitrogen and oxygen atoms in total. The summed E-state index contributed by atoms with van der Waals surface area (Å²) in [5.74, 6) is -9.59. The number of carbonyl (C=O) groups is 4. The molecule has 0 spiro atoms. The molecule has 0 bridgehead atoms. The molecule has 298 valence electrons. The third kappa shape index (κ3) is 9.11. The molecule has 1 aliphatic carbocycles. The standard InChI is InChI=1S/C27H37FN2O20P2S/c1-6-26(28)22(37)16(46-24(26)30-8-7-17(35)29-25(30)38)10-43-52(41,53)50-51(39,40)49-23-19-20(36)21(45-13(4)33)18(27(19,48-23)47-14(5)34)15(44-12(3)32)9-42-11(2)31/h7-8,15-16,18-24,36-37H,6,9-10H2,1-5H3,(H,39,40)(H,41,53)(H,29,35,38)/t15-,16+,18?,19?,20?,21?,22+,23?,24+,26+,27?,52?/m0/s1. The number of aliphatic hydroxyl groups is 2. The lowest BCUT2D eigenvalue weighted by Gasteiger charge is -2.52. The lowest BCUT2D eigenvalue weighted by atomic mass is 9.85. The maximum absolute atomic E-state index is 15.9. The van der Waals surface area contributed by atoms with Crippen LogP contribution in [0.2, 0.25) is 0 Å². The predicted octanol–water partition coefficient (Wildman–Crippen LogP) is -1.07. The first-order chi connectivity index (χ1) is 24.5. The molecule has 26 heteroatoms. The molecule has 13 atom stereocenters. The number of H-pyrrole nitrogens is 1. The summed E-state index contributed by atoms with van der Waals surface area (Å²) >= 11 is 4.80. The quantitative estimate of drug-likeness (QED) is 0.0799. The lowest BCUT2D eigenvalue weighted by molar-refractivity contribution is -0.426. The molecule has 2 aliphatic heterocycles. The normalized spacial score (nSPS) is 34.8. The Morgan fingerprint density at radius 3 is 2.30 bits per heavy atom. The van der Waals surface area contributed by atoms with Gasteiger partial charge >= 0.3 is 44.1 Å². The zero-order chi connectivity index (χ0) is 39.8. The monoisotopic (exact) mass is 822 g/mol. The van der Waals surface area contributed by atoms with E-state index in [0.29, 0.717) is 4.57 Å². The Balaban J connectivity index is 1.52. The molecule has 53 heavy (non-hydrogen) atoms. The molecule has 1 aromatic rings. The van der Waals surface area contributed by atoms with Crippen LogP contribution in [0.25, 0.3) is 0 Å². The van der Waals surface area contributed by atoms with Crippen molar-refractivity contribution < 1.29 is 89.9 Å². The highest BCUT2D eigenvalue weighted by Gasteiger charge is 2.78. The number of ether oxygens (including phenoxy) is 6. The van der Waals surface area contributed by atoms with Gasteiger partial charge in [-0.1, -0.05) is 6.92 Å².